The Morgan fingerprint density at radius 3 is 2.11 bits per heavy atom. The predicted molar refractivity (Wildman–Crippen MR) is 115 cm³/mol. The smallest absolute Gasteiger partial charge is 0.127 e. The number of aryl methyl sites for hydroxylation is 1. The van der Waals surface area contributed by atoms with E-state index in [0.717, 1.165) is 39.1 Å². The molecule has 2 N–H and O–H groups in total. The van der Waals surface area contributed by atoms with Crippen LogP contribution in [0.25, 0.3) is 22.3 Å². The topological polar surface area (TPSA) is 49.7 Å². The zero-order valence-corrected chi connectivity index (χ0v) is 16.8. The average molecular weight is 374 g/mol. The molecule has 0 radical (unpaired) electrons. The lowest BCUT2D eigenvalue weighted by Crippen LogP contribution is -1.95. The van der Waals surface area contributed by atoms with Crippen molar-refractivity contribution in [2.24, 2.45) is 0 Å². The van der Waals surface area contributed by atoms with Crippen molar-refractivity contribution in [3.05, 3.63) is 77.4 Å². The second-order valence-corrected chi connectivity index (χ2v) is 7.25. The van der Waals surface area contributed by atoms with Crippen LogP contribution in [0.4, 0.5) is 0 Å². The summed E-state index contributed by atoms with van der Waals surface area (Å²) in [4.78, 5) is 0. The first kappa shape index (κ1) is 19.6. The van der Waals surface area contributed by atoms with Gasteiger partial charge in [0, 0.05) is 5.56 Å². The van der Waals surface area contributed by atoms with Crippen LogP contribution in [-0.4, -0.2) is 16.8 Å². The average Bonchev–Trinajstić information content (AvgIpc) is 2.66. The number of rotatable bonds is 5. The number of phenolic OH excluding ortho intramolecular Hbond substituents is 2. The molecule has 3 rings (SSSR count). The molecule has 0 bridgehead atoms. The molecular formula is C25H26O3. The van der Waals surface area contributed by atoms with Crippen LogP contribution in [0.1, 0.15) is 25.0 Å². The van der Waals surface area contributed by atoms with Crippen molar-refractivity contribution in [3.8, 4) is 39.5 Å². The van der Waals surface area contributed by atoms with E-state index < -0.39 is 0 Å². The van der Waals surface area contributed by atoms with Gasteiger partial charge >= 0.3 is 0 Å². The van der Waals surface area contributed by atoms with Gasteiger partial charge in [-0.3, -0.25) is 0 Å². The molecule has 0 aliphatic carbocycles. The lowest BCUT2D eigenvalue weighted by Gasteiger charge is -2.16. The fraction of sp³-hybridized carbons (Fsp3) is 0.200. The molecule has 3 heteroatoms. The molecule has 28 heavy (non-hydrogen) atoms. The fourth-order valence-electron chi connectivity index (χ4n) is 3.23. The van der Waals surface area contributed by atoms with E-state index in [1.807, 2.05) is 70.2 Å². The van der Waals surface area contributed by atoms with Crippen molar-refractivity contribution < 1.29 is 14.9 Å². The molecule has 0 aliphatic heterocycles. The molecule has 0 aromatic heterocycles. The summed E-state index contributed by atoms with van der Waals surface area (Å²) in [5.74, 6) is 1.31. The van der Waals surface area contributed by atoms with Gasteiger partial charge in [0.05, 0.1) is 0 Å². The van der Waals surface area contributed by atoms with Crippen LogP contribution in [0, 0.1) is 13.8 Å². The molecule has 0 aliphatic rings. The van der Waals surface area contributed by atoms with E-state index in [0.29, 0.717) is 6.61 Å². The first-order valence-electron chi connectivity index (χ1n) is 9.36. The second kappa shape index (κ2) is 8.22. The van der Waals surface area contributed by atoms with E-state index in [1.165, 1.54) is 5.57 Å². The minimum absolute atomic E-state index is 0.228. The van der Waals surface area contributed by atoms with E-state index in [2.05, 4.69) is 6.07 Å². The highest BCUT2D eigenvalue weighted by Crippen LogP contribution is 2.41. The molecule has 0 heterocycles. The normalized spacial score (nSPS) is 10.6. The summed E-state index contributed by atoms with van der Waals surface area (Å²) < 4.78 is 5.72. The van der Waals surface area contributed by atoms with Gasteiger partial charge in [-0.15, -0.1) is 0 Å². The molecule has 3 aromatic rings. The Morgan fingerprint density at radius 1 is 0.893 bits per heavy atom. The third-order valence-corrected chi connectivity index (χ3v) is 4.81. The van der Waals surface area contributed by atoms with Crippen molar-refractivity contribution >= 4 is 0 Å². The van der Waals surface area contributed by atoms with Gasteiger partial charge in [0.1, 0.15) is 23.9 Å². The van der Waals surface area contributed by atoms with Crippen molar-refractivity contribution in [2.45, 2.75) is 27.7 Å². The minimum Gasteiger partial charge on any atom is -0.508 e. The molecule has 144 valence electrons. The monoisotopic (exact) mass is 374 g/mol. The summed E-state index contributed by atoms with van der Waals surface area (Å²) in [7, 11) is 0. The van der Waals surface area contributed by atoms with Crippen molar-refractivity contribution in [1.29, 1.82) is 0 Å². The first-order valence-corrected chi connectivity index (χ1v) is 9.36. The Balaban J connectivity index is 1.93. The highest BCUT2D eigenvalue weighted by atomic mass is 16.5. The molecular weight excluding hydrogens is 348 g/mol. The van der Waals surface area contributed by atoms with Gasteiger partial charge in [0.25, 0.3) is 0 Å². The van der Waals surface area contributed by atoms with E-state index in [-0.39, 0.29) is 11.5 Å². The van der Waals surface area contributed by atoms with E-state index in [9.17, 15) is 10.2 Å². The Hall–Kier alpha value is -3.20. The van der Waals surface area contributed by atoms with Crippen LogP contribution in [0.3, 0.4) is 0 Å². The number of hydrogen-bond donors (Lipinski definition) is 2. The Morgan fingerprint density at radius 2 is 1.50 bits per heavy atom. The van der Waals surface area contributed by atoms with Gasteiger partial charge in [-0.25, -0.2) is 0 Å². The lowest BCUT2D eigenvalue weighted by atomic mass is 9.90. The lowest BCUT2D eigenvalue weighted by molar-refractivity contribution is 0.362. The van der Waals surface area contributed by atoms with Crippen molar-refractivity contribution in [3.63, 3.8) is 0 Å². The van der Waals surface area contributed by atoms with E-state index in [4.69, 9.17) is 4.74 Å². The Labute approximate surface area is 166 Å². The van der Waals surface area contributed by atoms with Gasteiger partial charge in [-0.05, 0) is 85.9 Å². The standard InChI is InChI=1S/C25H26O3/c1-16(2)13-14-28-22-11-7-20(8-12-22)24-17(3)15-23(18(4)25(24)27)19-5-9-21(26)10-6-19/h5-13,15,26-27H,14H2,1-4H3. The first-order chi connectivity index (χ1) is 13.4. The molecule has 0 unspecified atom stereocenters. The maximum Gasteiger partial charge on any atom is 0.127 e. The third-order valence-electron chi connectivity index (χ3n) is 4.81. The third kappa shape index (κ3) is 4.20. The van der Waals surface area contributed by atoms with Gasteiger partial charge < -0.3 is 14.9 Å². The summed E-state index contributed by atoms with van der Waals surface area (Å²) in [5.41, 5.74) is 6.73. The summed E-state index contributed by atoms with van der Waals surface area (Å²) in [6, 6.07) is 16.9. The molecule has 0 saturated carbocycles. The quantitative estimate of drug-likeness (QED) is 0.509. The number of ether oxygens (including phenoxy) is 1. The van der Waals surface area contributed by atoms with Gasteiger partial charge in [0.15, 0.2) is 0 Å². The summed E-state index contributed by atoms with van der Waals surface area (Å²) in [6.45, 7) is 8.55. The minimum atomic E-state index is 0.228. The summed E-state index contributed by atoms with van der Waals surface area (Å²) in [5, 5.41) is 20.4. The van der Waals surface area contributed by atoms with Gasteiger partial charge in [-0.1, -0.05) is 35.9 Å². The predicted octanol–water partition coefficient (Wildman–Crippen LogP) is 6.39. The summed E-state index contributed by atoms with van der Waals surface area (Å²) >= 11 is 0. The molecule has 0 saturated heterocycles. The number of hydrogen-bond acceptors (Lipinski definition) is 3. The fourth-order valence-corrected chi connectivity index (χ4v) is 3.23. The van der Waals surface area contributed by atoms with Crippen molar-refractivity contribution in [2.75, 3.05) is 6.61 Å². The van der Waals surface area contributed by atoms with Crippen LogP contribution >= 0.6 is 0 Å². The van der Waals surface area contributed by atoms with Crippen LogP contribution in [0.5, 0.6) is 17.2 Å². The van der Waals surface area contributed by atoms with Crippen LogP contribution < -0.4 is 4.74 Å². The van der Waals surface area contributed by atoms with Crippen LogP contribution in [-0.2, 0) is 0 Å². The number of aromatic hydroxyl groups is 2. The maximum atomic E-state index is 10.9. The zero-order chi connectivity index (χ0) is 20.3. The Kier molecular flexibility index (Phi) is 5.74. The number of allylic oxidation sites excluding steroid dienone is 1. The molecule has 0 spiro atoms. The van der Waals surface area contributed by atoms with Crippen LogP contribution in [0.15, 0.2) is 66.2 Å². The second-order valence-electron chi connectivity index (χ2n) is 7.25. The molecule has 0 amide bonds. The van der Waals surface area contributed by atoms with E-state index in [1.54, 1.807) is 12.1 Å². The van der Waals surface area contributed by atoms with Crippen LogP contribution in [0.2, 0.25) is 0 Å². The SMILES string of the molecule is CC(C)=CCOc1ccc(-c2c(C)cc(-c3ccc(O)cc3)c(C)c2O)cc1. The molecule has 3 nitrogen and oxygen atoms in total. The Bertz CT molecular complexity index is 993. The highest BCUT2D eigenvalue weighted by molar-refractivity contribution is 5.82. The maximum absolute atomic E-state index is 10.9. The molecule has 0 fully saturated rings. The highest BCUT2D eigenvalue weighted by Gasteiger charge is 2.15. The van der Waals surface area contributed by atoms with E-state index >= 15 is 0 Å². The van der Waals surface area contributed by atoms with Gasteiger partial charge in [-0.2, -0.15) is 0 Å². The van der Waals surface area contributed by atoms with Gasteiger partial charge in [0.2, 0.25) is 0 Å². The number of benzene rings is 3. The summed E-state index contributed by atoms with van der Waals surface area (Å²) in [6.07, 6.45) is 2.04. The molecule has 3 aromatic carbocycles. The molecule has 0 atom stereocenters. The van der Waals surface area contributed by atoms with Crippen molar-refractivity contribution in [1.82, 2.24) is 0 Å². The zero-order valence-electron chi connectivity index (χ0n) is 16.8. The largest absolute Gasteiger partial charge is 0.508 e. The number of phenols is 2.